The smallest absolute Gasteiger partial charge is 0.274 e. The number of nitrogens with zero attached hydrogens (tertiary/aromatic N) is 1. The fraction of sp³-hybridized carbons (Fsp3) is 0.176. The Hall–Kier alpha value is -2.74. The number of hydrogen-bond donors (Lipinski definition) is 1. The van der Waals surface area contributed by atoms with Gasteiger partial charge in [-0.3, -0.25) is 19.7 Å². The average Bonchev–Trinajstić information content (AvgIpc) is 2.55. The van der Waals surface area contributed by atoms with Crippen molar-refractivity contribution in [1.82, 2.24) is 0 Å². The molecule has 2 aromatic rings. The zero-order valence-electron chi connectivity index (χ0n) is 13.5. The number of nitrogens with one attached hydrogen (secondary N) is 1. The number of thioether (sulfide) groups is 1. The largest absolute Gasteiger partial charge is 0.325 e. The molecular weight excluding hydrogens is 347 g/mol. The highest BCUT2D eigenvalue weighted by molar-refractivity contribution is 8.00. The Labute approximate surface area is 147 Å². The minimum absolute atomic E-state index is 0.0710. The van der Waals surface area contributed by atoms with Crippen LogP contribution in [0.5, 0.6) is 0 Å². The van der Waals surface area contributed by atoms with Crippen LogP contribution in [0.1, 0.15) is 22.8 Å². The van der Waals surface area contributed by atoms with Crippen molar-refractivity contribution in [2.75, 3.05) is 11.1 Å². The number of benzene rings is 2. The molecule has 0 aromatic heterocycles. The van der Waals surface area contributed by atoms with Crippen LogP contribution in [0.4, 0.5) is 15.8 Å². The normalized spacial score (nSPS) is 10.4. The molecule has 6 nitrogen and oxygen atoms in total. The van der Waals surface area contributed by atoms with E-state index in [1.165, 1.54) is 31.2 Å². The number of carbonyl (C=O) groups excluding carboxylic acids is 2. The predicted molar refractivity (Wildman–Crippen MR) is 93.6 cm³/mol. The molecule has 0 saturated carbocycles. The van der Waals surface area contributed by atoms with Crippen LogP contribution in [-0.4, -0.2) is 22.4 Å². The summed E-state index contributed by atoms with van der Waals surface area (Å²) in [5.74, 6) is -1.30. The lowest BCUT2D eigenvalue weighted by atomic mass is 10.1. The van der Waals surface area contributed by atoms with Crippen LogP contribution in [0.25, 0.3) is 0 Å². The minimum atomic E-state index is -0.572. The van der Waals surface area contributed by atoms with E-state index >= 15 is 0 Å². The Morgan fingerprint density at radius 2 is 2.00 bits per heavy atom. The lowest BCUT2D eigenvalue weighted by Crippen LogP contribution is -2.15. The van der Waals surface area contributed by atoms with Crippen molar-refractivity contribution < 1.29 is 18.9 Å². The van der Waals surface area contributed by atoms with Gasteiger partial charge in [0, 0.05) is 16.5 Å². The van der Waals surface area contributed by atoms with Crippen molar-refractivity contribution in [3.63, 3.8) is 0 Å². The number of rotatable bonds is 6. The third-order valence-electron chi connectivity index (χ3n) is 3.47. The SMILES string of the molecule is CC(=O)c1ccc(SCC(=O)Nc2cccc([N+](=O)[O-])c2C)c(F)c1. The maximum atomic E-state index is 13.9. The van der Waals surface area contributed by atoms with Gasteiger partial charge < -0.3 is 5.32 Å². The van der Waals surface area contributed by atoms with Gasteiger partial charge in [-0.1, -0.05) is 12.1 Å². The van der Waals surface area contributed by atoms with Gasteiger partial charge in [-0.05, 0) is 32.0 Å². The van der Waals surface area contributed by atoms with Crippen LogP contribution >= 0.6 is 11.8 Å². The summed E-state index contributed by atoms with van der Waals surface area (Å²) in [6.07, 6.45) is 0. The highest BCUT2D eigenvalue weighted by atomic mass is 32.2. The molecule has 0 fully saturated rings. The molecule has 0 bridgehead atoms. The first-order chi connectivity index (χ1) is 11.8. The van der Waals surface area contributed by atoms with Crippen molar-refractivity contribution >= 4 is 34.8 Å². The Bertz CT molecular complexity index is 855. The van der Waals surface area contributed by atoms with Gasteiger partial charge in [0.2, 0.25) is 5.91 Å². The molecule has 0 aliphatic carbocycles. The summed E-state index contributed by atoms with van der Waals surface area (Å²) >= 11 is 0.979. The second kappa shape index (κ2) is 7.89. The molecule has 0 spiro atoms. The van der Waals surface area contributed by atoms with Crippen LogP contribution in [0, 0.1) is 22.9 Å². The van der Waals surface area contributed by atoms with E-state index in [4.69, 9.17) is 0 Å². The summed E-state index contributed by atoms with van der Waals surface area (Å²) < 4.78 is 13.9. The molecular formula is C17H15FN2O4S. The minimum Gasteiger partial charge on any atom is -0.325 e. The maximum Gasteiger partial charge on any atom is 0.274 e. The van der Waals surface area contributed by atoms with Crippen LogP contribution in [0.15, 0.2) is 41.3 Å². The van der Waals surface area contributed by atoms with E-state index < -0.39 is 16.6 Å². The second-order valence-corrected chi connectivity index (χ2v) is 6.26. The van der Waals surface area contributed by atoms with Crippen LogP contribution < -0.4 is 5.32 Å². The van der Waals surface area contributed by atoms with E-state index in [9.17, 15) is 24.1 Å². The number of ketones is 1. The highest BCUT2D eigenvalue weighted by Gasteiger charge is 2.15. The fourth-order valence-electron chi connectivity index (χ4n) is 2.12. The Kier molecular flexibility index (Phi) is 5.87. The average molecular weight is 362 g/mol. The molecule has 1 amide bonds. The lowest BCUT2D eigenvalue weighted by molar-refractivity contribution is -0.385. The maximum absolute atomic E-state index is 13.9. The molecule has 0 heterocycles. The van der Waals surface area contributed by atoms with E-state index in [1.807, 2.05) is 0 Å². The summed E-state index contributed by atoms with van der Waals surface area (Å²) in [6.45, 7) is 2.89. The van der Waals surface area contributed by atoms with Crippen LogP contribution in [0.2, 0.25) is 0 Å². The monoisotopic (exact) mass is 362 g/mol. The van der Waals surface area contributed by atoms with E-state index in [1.54, 1.807) is 13.0 Å². The van der Waals surface area contributed by atoms with Gasteiger partial charge in [-0.15, -0.1) is 11.8 Å². The number of carbonyl (C=O) groups is 2. The molecule has 2 rings (SSSR count). The van der Waals surface area contributed by atoms with E-state index in [0.717, 1.165) is 17.8 Å². The molecule has 25 heavy (non-hydrogen) atoms. The first-order valence-corrected chi connectivity index (χ1v) is 8.25. The number of nitro groups is 1. The number of halogens is 1. The molecule has 8 heteroatoms. The van der Waals surface area contributed by atoms with Crippen LogP contribution in [-0.2, 0) is 4.79 Å². The van der Waals surface area contributed by atoms with Gasteiger partial charge in [0.15, 0.2) is 5.78 Å². The van der Waals surface area contributed by atoms with Crippen molar-refractivity contribution in [3.8, 4) is 0 Å². The molecule has 0 unspecified atom stereocenters. The summed E-state index contributed by atoms with van der Waals surface area (Å²) in [4.78, 5) is 33.9. The number of Topliss-reactive ketones (excluding diaryl/α,β-unsaturated/α-hetero) is 1. The Balaban J connectivity index is 2.03. The number of nitro benzene ring substituents is 1. The topological polar surface area (TPSA) is 89.3 Å². The standard InChI is InChI=1S/C17H15FN2O4S/c1-10-14(4-3-5-15(10)20(23)24)19-17(22)9-25-16-7-6-12(11(2)21)8-13(16)18/h3-8H,9H2,1-2H3,(H,19,22). The molecule has 0 aliphatic rings. The third-order valence-corrected chi connectivity index (χ3v) is 4.52. The molecule has 130 valence electrons. The molecule has 0 atom stereocenters. The quantitative estimate of drug-likeness (QED) is 0.363. The Morgan fingerprint density at radius 1 is 1.28 bits per heavy atom. The summed E-state index contributed by atoms with van der Waals surface area (Å²) in [6, 6.07) is 8.47. The molecule has 0 saturated heterocycles. The number of anilines is 1. The van der Waals surface area contributed by atoms with Crippen LogP contribution in [0.3, 0.4) is 0 Å². The molecule has 1 N–H and O–H groups in total. The van der Waals surface area contributed by atoms with E-state index in [0.29, 0.717) is 11.3 Å². The van der Waals surface area contributed by atoms with Gasteiger partial charge in [-0.2, -0.15) is 0 Å². The van der Waals surface area contributed by atoms with Gasteiger partial charge in [0.05, 0.1) is 21.9 Å². The Morgan fingerprint density at radius 3 is 2.60 bits per heavy atom. The van der Waals surface area contributed by atoms with Gasteiger partial charge in [-0.25, -0.2) is 4.39 Å². The lowest BCUT2D eigenvalue weighted by Gasteiger charge is -2.09. The van der Waals surface area contributed by atoms with Crippen molar-refractivity contribution in [2.45, 2.75) is 18.7 Å². The second-order valence-electron chi connectivity index (χ2n) is 5.25. The molecule has 0 radical (unpaired) electrons. The highest BCUT2D eigenvalue weighted by Crippen LogP contribution is 2.26. The number of amides is 1. The van der Waals surface area contributed by atoms with Crippen molar-refractivity contribution in [1.29, 1.82) is 0 Å². The van der Waals surface area contributed by atoms with E-state index in [2.05, 4.69) is 5.32 Å². The molecule has 0 aliphatic heterocycles. The summed E-state index contributed by atoms with van der Waals surface area (Å²) in [7, 11) is 0. The summed E-state index contributed by atoms with van der Waals surface area (Å²) in [5, 5.41) is 13.5. The van der Waals surface area contributed by atoms with Gasteiger partial charge in [0.1, 0.15) is 5.82 Å². The predicted octanol–water partition coefficient (Wildman–Crippen LogP) is 3.98. The summed E-state index contributed by atoms with van der Waals surface area (Å²) in [5.41, 5.74) is 0.866. The fourth-order valence-corrected chi connectivity index (χ4v) is 2.84. The van der Waals surface area contributed by atoms with Crippen molar-refractivity contribution in [2.24, 2.45) is 0 Å². The van der Waals surface area contributed by atoms with Crippen molar-refractivity contribution in [3.05, 3.63) is 63.5 Å². The van der Waals surface area contributed by atoms with E-state index in [-0.39, 0.29) is 27.7 Å². The van der Waals surface area contributed by atoms with Gasteiger partial charge in [0.25, 0.3) is 5.69 Å². The number of hydrogen-bond acceptors (Lipinski definition) is 5. The zero-order chi connectivity index (χ0) is 18.6. The zero-order valence-corrected chi connectivity index (χ0v) is 14.4. The molecule has 2 aromatic carbocycles. The first-order valence-electron chi connectivity index (χ1n) is 7.26. The first kappa shape index (κ1) is 18.6. The van der Waals surface area contributed by atoms with Gasteiger partial charge >= 0.3 is 0 Å². The third kappa shape index (κ3) is 4.63.